The summed E-state index contributed by atoms with van der Waals surface area (Å²) in [6.45, 7) is 6.61. The van der Waals surface area contributed by atoms with Crippen molar-refractivity contribution < 1.29 is 9.53 Å². The van der Waals surface area contributed by atoms with Gasteiger partial charge in [-0.2, -0.15) is 0 Å². The molecule has 1 N–H and O–H groups in total. The average molecular weight is 242 g/mol. The van der Waals surface area contributed by atoms with Gasteiger partial charge in [0.25, 0.3) is 0 Å². The fourth-order valence-electron chi connectivity index (χ4n) is 2.69. The smallest absolute Gasteiger partial charge is 0.242 e. The van der Waals surface area contributed by atoms with Crippen LogP contribution in [0.5, 0.6) is 0 Å². The van der Waals surface area contributed by atoms with E-state index < -0.39 is 0 Å². The fraction of sp³-hybridized carbons (Fsp3) is 0.923. The molecule has 1 fully saturated rings. The number of rotatable bonds is 6. The SMILES string of the molecule is CC[C@@]1(C(=O)N(C)C[C@H](C)COC)CCCN1. The number of likely N-dealkylation sites (N-methyl/N-ethyl adjacent to an activating group) is 1. The molecule has 1 aliphatic rings. The molecule has 4 nitrogen and oxygen atoms in total. The highest BCUT2D eigenvalue weighted by Gasteiger charge is 2.40. The van der Waals surface area contributed by atoms with Crippen LogP contribution in [-0.2, 0) is 9.53 Å². The molecule has 0 radical (unpaired) electrons. The van der Waals surface area contributed by atoms with Crippen LogP contribution in [0, 0.1) is 5.92 Å². The molecule has 1 heterocycles. The molecule has 1 aliphatic heterocycles. The standard InChI is InChI=1S/C13H26N2O2/c1-5-13(7-6-8-14-13)12(16)15(3)9-11(2)10-17-4/h11,14H,5-10H2,1-4H3/t11-,13-/m0/s1. The van der Waals surface area contributed by atoms with E-state index in [0.29, 0.717) is 12.5 Å². The van der Waals surface area contributed by atoms with E-state index in [1.807, 2.05) is 11.9 Å². The quantitative estimate of drug-likeness (QED) is 0.762. The molecule has 1 rings (SSSR count). The van der Waals surface area contributed by atoms with Crippen molar-refractivity contribution in [3.63, 3.8) is 0 Å². The first-order valence-corrected chi connectivity index (χ1v) is 6.55. The Hall–Kier alpha value is -0.610. The minimum absolute atomic E-state index is 0.237. The molecule has 0 spiro atoms. The fourth-order valence-corrected chi connectivity index (χ4v) is 2.69. The molecule has 0 aromatic rings. The molecule has 0 aliphatic carbocycles. The highest BCUT2D eigenvalue weighted by Crippen LogP contribution is 2.25. The Balaban J connectivity index is 2.55. The van der Waals surface area contributed by atoms with Crippen LogP contribution >= 0.6 is 0 Å². The predicted octanol–water partition coefficient (Wildman–Crippen LogP) is 1.26. The van der Waals surface area contributed by atoms with E-state index in [-0.39, 0.29) is 11.4 Å². The maximum Gasteiger partial charge on any atom is 0.242 e. The lowest BCUT2D eigenvalue weighted by Gasteiger charge is -2.33. The van der Waals surface area contributed by atoms with Gasteiger partial charge in [-0.05, 0) is 31.7 Å². The molecule has 4 heteroatoms. The zero-order valence-electron chi connectivity index (χ0n) is 11.6. The van der Waals surface area contributed by atoms with Gasteiger partial charge in [0.15, 0.2) is 0 Å². The largest absolute Gasteiger partial charge is 0.384 e. The summed E-state index contributed by atoms with van der Waals surface area (Å²) in [5, 5.41) is 3.38. The summed E-state index contributed by atoms with van der Waals surface area (Å²) in [4.78, 5) is 14.3. The monoisotopic (exact) mass is 242 g/mol. The van der Waals surface area contributed by atoms with Crippen molar-refractivity contribution in [3.8, 4) is 0 Å². The van der Waals surface area contributed by atoms with Crippen molar-refractivity contribution in [2.45, 2.75) is 38.6 Å². The van der Waals surface area contributed by atoms with E-state index in [0.717, 1.165) is 32.4 Å². The summed E-state index contributed by atoms with van der Waals surface area (Å²) in [7, 11) is 3.59. The molecule has 0 unspecified atom stereocenters. The molecular weight excluding hydrogens is 216 g/mol. The van der Waals surface area contributed by atoms with Crippen molar-refractivity contribution in [2.24, 2.45) is 5.92 Å². The second-order valence-electron chi connectivity index (χ2n) is 5.21. The summed E-state index contributed by atoms with van der Waals surface area (Å²) >= 11 is 0. The minimum atomic E-state index is -0.304. The van der Waals surface area contributed by atoms with E-state index >= 15 is 0 Å². The van der Waals surface area contributed by atoms with Crippen molar-refractivity contribution in [1.29, 1.82) is 0 Å². The zero-order chi connectivity index (χ0) is 12.9. The van der Waals surface area contributed by atoms with Crippen LogP contribution in [-0.4, -0.2) is 50.2 Å². The molecule has 0 saturated carbocycles. The molecule has 0 aromatic heterocycles. The lowest BCUT2D eigenvalue weighted by Crippen LogP contribution is -2.54. The third-order valence-electron chi connectivity index (χ3n) is 3.64. The number of nitrogens with zero attached hydrogens (tertiary/aromatic N) is 1. The molecule has 100 valence electrons. The lowest BCUT2D eigenvalue weighted by molar-refractivity contribution is -0.137. The Morgan fingerprint density at radius 2 is 2.29 bits per heavy atom. The maximum absolute atomic E-state index is 12.5. The van der Waals surface area contributed by atoms with E-state index in [9.17, 15) is 4.79 Å². The summed E-state index contributed by atoms with van der Waals surface area (Å²) in [5.41, 5.74) is -0.304. The summed E-state index contributed by atoms with van der Waals surface area (Å²) < 4.78 is 5.11. The van der Waals surface area contributed by atoms with Crippen molar-refractivity contribution in [1.82, 2.24) is 10.2 Å². The first kappa shape index (κ1) is 14.5. The number of hydrogen-bond donors (Lipinski definition) is 1. The van der Waals surface area contributed by atoms with Crippen LogP contribution in [0.2, 0.25) is 0 Å². The second kappa shape index (κ2) is 6.36. The van der Waals surface area contributed by atoms with Crippen LogP contribution < -0.4 is 5.32 Å². The number of hydrogen-bond acceptors (Lipinski definition) is 3. The molecule has 2 atom stereocenters. The van der Waals surface area contributed by atoms with E-state index in [2.05, 4.69) is 19.2 Å². The number of carbonyl (C=O) groups excluding carboxylic acids is 1. The predicted molar refractivity (Wildman–Crippen MR) is 68.9 cm³/mol. The van der Waals surface area contributed by atoms with E-state index in [1.165, 1.54) is 0 Å². The first-order valence-electron chi connectivity index (χ1n) is 6.55. The normalized spacial score (nSPS) is 25.9. The van der Waals surface area contributed by atoms with Crippen LogP contribution in [0.25, 0.3) is 0 Å². The second-order valence-corrected chi connectivity index (χ2v) is 5.21. The Labute approximate surface area is 105 Å². The topological polar surface area (TPSA) is 41.6 Å². The molecule has 0 aromatic carbocycles. The summed E-state index contributed by atoms with van der Waals surface area (Å²) in [6, 6.07) is 0. The van der Waals surface area contributed by atoms with E-state index in [1.54, 1.807) is 7.11 Å². The van der Waals surface area contributed by atoms with E-state index in [4.69, 9.17) is 4.74 Å². The van der Waals surface area contributed by atoms with Gasteiger partial charge in [-0.1, -0.05) is 13.8 Å². The number of nitrogens with one attached hydrogen (secondary N) is 1. The Morgan fingerprint density at radius 3 is 2.76 bits per heavy atom. The maximum atomic E-state index is 12.5. The van der Waals surface area contributed by atoms with Crippen LogP contribution in [0.15, 0.2) is 0 Å². The van der Waals surface area contributed by atoms with Gasteiger partial charge in [-0.25, -0.2) is 0 Å². The van der Waals surface area contributed by atoms with Gasteiger partial charge in [0.2, 0.25) is 5.91 Å². The highest BCUT2D eigenvalue weighted by atomic mass is 16.5. The van der Waals surface area contributed by atoms with Crippen molar-refractivity contribution in [2.75, 3.05) is 33.9 Å². The van der Waals surface area contributed by atoms with Gasteiger partial charge in [-0.3, -0.25) is 4.79 Å². The van der Waals surface area contributed by atoms with Crippen molar-refractivity contribution >= 4 is 5.91 Å². The Morgan fingerprint density at radius 1 is 1.59 bits per heavy atom. The molecule has 1 saturated heterocycles. The van der Waals surface area contributed by atoms with Gasteiger partial charge in [0.1, 0.15) is 0 Å². The van der Waals surface area contributed by atoms with Gasteiger partial charge >= 0.3 is 0 Å². The summed E-state index contributed by atoms with van der Waals surface area (Å²) in [6.07, 6.45) is 2.93. The summed E-state index contributed by atoms with van der Waals surface area (Å²) in [5.74, 6) is 0.615. The first-order chi connectivity index (χ1) is 8.05. The number of amides is 1. The Bertz CT molecular complexity index is 250. The third kappa shape index (κ3) is 3.42. The van der Waals surface area contributed by atoms with Gasteiger partial charge in [-0.15, -0.1) is 0 Å². The number of methoxy groups -OCH3 is 1. The molecule has 1 amide bonds. The number of carbonyl (C=O) groups is 1. The Kier molecular flexibility index (Phi) is 5.40. The van der Waals surface area contributed by atoms with Gasteiger partial charge in [0.05, 0.1) is 12.1 Å². The molecular formula is C13H26N2O2. The lowest BCUT2D eigenvalue weighted by atomic mass is 9.92. The highest BCUT2D eigenvalue weighted by molar-refractivity contribution is 5.86. The molecule has 0 bridgehead atoms. The third-order valence-corrected chi connectivity index (χ3v) is 3.64. The zero-order valence-corrected chi connectivity index (χ0v) is 11.6. The van der Waals surface area contributed by atoms with Crippen LogP contribution in [0.1, 0.15) is 33.1 Å². The number of ether oxygens (including phenoxy) is 1. The minimum Gasteiger partial charge on any atom is -0.384 e. The van der Waals surface area contributed by atoms with Gasteiger partial charge in [0, 0.05) is 20.7 Å². The van der Waals surface area contributed by atoms with Crippen LogP contribution in [0.4, 0.5) is 0 Å². The van der Waals surface area contributed by atoms with Crippen molar-refractivity contribution in [3.05, 3.63) is 0 Å². The molecule has 17 heavy (non-hydrogen) atoms. The van der Waals surface area contributed by atoms with Crippen LogP contribution in [0.3, 0.4) is 0 Å². The van der Waals surface area contributed by atoms with Gasteiger partial charge < -0.3 is 15.0 Å². The average Bonchev–Trinajstić information content (AvgIpc) is 2.78.